The normalized spacial score (nSPS) is 10.0. The second-order valence-electron chi connectivity index (χ2n) is 3.32. The Morgan fingerprint density at radius 2 is 1.88 bits per heavy atom. The van der Waals surface area contributed by atoms with Gasteiger partial charge in [-0.3, -0.25) is 4.79 Å². The number of anilines is 1. The summed E-state index contributed by atoms with van der Waals surface area (Å²) in [5.74, 6) is -0.210. The Morgan fingerprint density at radius 1 is 1.18 bits per heavy atom. The van der Waals surface area contributed by atoms with Crippen molar-refractivity contribution in [3.05, 3.63) is 56.3 Å². The van der Waals surface area contributed by atoms with Crippen LogP contribution in [0.5, 0.6) is 0 Å². The van der Waals surface area contributed by atoms with Gasteiger partial charge in [0.2, 0.25) is 0 Å². The van der Waals surface area contributed by atoms with Gasteiger partial charge in [0.1, 0.15) is 5.69 Å². The Kier molecular flexibility index (Phi) is 4.11. The molecule has 0 bridgehead atoms. The van der Waals surface area contributed by atoms with Crippen molar-refractivity contribution in [2.45, 2.75) is 0 Å². The van der Waals surface area contributed by atoms with Crippen LogP contribution in [-0.2, 0) is 0 Å². The van der Waals surface area contributed by atoms with Crippen LogP contribution < -0.4 is 5.32 Å². The van der Waals surface area contributed by atoms with Crippen molar-refractivity contribution in [3.63, 3.8) is 0 Å². The standard InChI is InChI=1S/C12H8BrIN2O/c13-8-1-6-11(15-7-8)12(17)16-10-4-2-9(14)3-5-10/h1-7H,(H,16,17). The number of amides is 1. The summed E-state index contributed by atoms with van der Waals surface area (Å²) in [4.78, 5) is 15.9. The molecule has 0 aliphatic rings. The van der Waals surface area contributed by atoms with Gasteiger partial charge in [-0.2, -0.15) is 0 Å². The Morgan fingerprint density at radius 3 is 2.47 bits per heavy atom. The summed E-state index contributed by atoms with van der Waals surface area (Å²) in [6.07, 6.45) is 1.60. The number of halogens is 2. The Balaban J connectivity index is 2.11. The first kappa shape index (κ1) is 12.5. The van der Waals surface area contributed by atoms with E-state index in [9.17, 15) is 4.79 Å². The van der Waals surface area contributed by atoms with Crippen molar-refractivity contribution in [1.29, 1.82) is 0 Å². The molecule has 0 fully saturated rings. The number of aromatic nitrogens is 1. The zero-order chi connectivity index (χ0) is 12.3. The zero-order valence-electron chi connectivity index (χ0n) is 8.65. The highest BCUT2D eigenvalue weighted by molar-refractivity contribution is 14.1. The average molecular weight is 403 g/mol. The Bertz CT molecular complexity index is 525. The summed E-state index contributed by atoms with van der Waals surface area (Å²) in [6, 6.07) is 11.1. The summed E-state index contributed by atoms with van der Waals surface area (Å²) in [5, 5.41) is 2.78. The monoisotopic (exact) mass is 402 g/mol. The molecule has 0 aliphatic carbocycles. The third-order valence-corrected chi connectivity index (χ3v) is 3.25. The minimum atomic E-state index is -0.210. The van der Waals surface area contributed by atoms with E-state index in [0.717, 1.165) is 13.7 Å². The molecule has 3 nitrogen and oxygen atoms in total. The van der Waals surface area contributed by atoms with Crippen molar-refractivity contribution in [3.8, 4) is 0 Å². The molecule has 1 heterocycles. The van der Waals surface area contributed by atoms with Crippen LogP contribution in [0.15, 0.2) is 47.1 Å². The molecule has 2 aromatic rings. The van der Waals surface area contributed by atoms with Gasteiger partial charge >= 0.3 is 0 Å². The zero-order valence-corrected chi connectivity index (χ0v) is 12.4. The Labute approximate surface area is 121 Å². The minimum Gasteiger partial charge on any atom is -0.321 e. The maximum Gasteiger partial charge on any atom is 0.274 e. The molecule has 0 saturated heterocycles. The third-order valence-electron chi connectivity index (χ3n) is 2.06. The van der Waals surface area contributed by atoms with Gasteiger partial charge < -0.3 is 5.32 Å². The van der Waals surface area contributed by atoms with E-state index in [0.29, 0.717) is 5.69 Å². The van der Waals surface area contributed by atoms with E-state index in [1.807, 2.05) is 24.3 Å². The predicted octanol–water partition coefficient (Wildman–Crippen LogP) is 3.70. The molecule has 1 aromatic carbocycles. The summed E-state index contributed by atoms with van der Waals surface area (Å²) in [6.45, 7) is 0. The molecule has 1 N–H and O–H groups in total. The molecular formula is C12H8BrIN2O. The molecule has 86 valence electrons. The number of rotatable bonds is 2. The van der Waals surface area contributed by atoms with E-state index < -0.39 is 0 Å². The molecular weight excluding hydrogens is 395 g/mol. The van der Waals surface area contributed by atoms with Crippen molar-refractivity contribution in [2.24, 2.45) is 0 Å². The molecule has 0 radical (unpaired) electrons. The Hall–Kier alpha value is -0.950. The molecule has 2 rings (SSSR count). The van der Waals surface area contributed by atoms with Gasteiger partial charge in [0, 0.05) is 19.9 Å². The summed E-state index contributed by atoms with van der Waals surface area (Å²) >= 11 is 5.49. The number of hydrogen-bond acceptors (Lipinski definition) is 2. The second-order valence-corrected chi connectivity index (χ2v) is 5.48. The van der Waals surface area contributed by atoms with Gasteiger partial charge in [-0.05, 0) is 74.9 Å². The molecule has 0 spiro atoms. The van der Waals surface area contributed by atoms with Gasteiger partial charge in [-0.1, -0.05) is 0 Å². The fraction of sp³-hybridized carbons (Fsp3) is 0. The van der Waals surface area contributed by atoms with E-state index in [1.165, 1.54) is 0 Å². The maximum atomic E-state index is 11.8. The number of nitrogens with one attached hydrogen (secondary N) is 1. The van der Waals surface area contributed by atoms with Crippen LogP contribution in [-0.4, -0.2) is 10.9 Å². The van der Waals surface area contributed by atoms with E-state index in [2.05, 4.69) is 48.8 Å². The van der Waals surface area contributed by atoms with Crippen LogP contribution >= 0.6 is 38.5 Å². The molecule has 1 aromatic heterocycles. The van der Waals surface area contributed by atoms with E-state index in [1.54, 1.807) is 18.3 Å². The van der Waals surface area contributed by atoms with Crippen molar-refractivity contribution in [2.75, 3.05) is 5.32 Å². The van der Waals surface area contributed by atoms with Crippen molar-refractivity contribution in [1.82, 2.24) is 4.98 Å². The fourth-order valence-electron chi connectivity index (χ4n) is 1.24. The highest BCUT2D eigenvalue weighted by atomic mass is 127. The molecule has 17 heavy (non-hydrogen) atoms. The fourth-order valence-corrected chi connectivity index (χ4v) is 1.83. The number of pyridine rings is 1. The van der Waals surface area contributed by atoms with Crippen molar-refractivity contribution < 1.29 is 4.79 Å². The third kappa shape index (κ3) is 3.50. The molecule has 0 unspecified atom stereocenters. The summed E-state index contributed by atoms with van der Waals surface area (Å²) in [5.41, 5.74) is 1.16. The first-order chi connectivity index (χ1) is 8.15. The molecule has 0 aliphatic heterocycles. The van der Waals surface area contributed by atoms with Gasteiger partial charge in [0.15, 0.2) is 0 Å². The molecule has 5 heteroatoms. The van der Waals surface area contributed by atoms with Crippen molar-refractivity contribution >= 4 is 50.1 Å². The molecule has 0 saturated carbocycles. The number of benzene rings is 1. The molecule has 0 atom stereocenters. The highest BCUT2D eigenvalue weighted by Crippen LogP contribution is 2.13. The average Bonchev–Trinajstić information content (AvgIpc) is 2.33. The van der Waals surface area contributed by atoms with Gasteiger partial charge in [0.05, 0.1) is 0 Å². The van der Waals surface area contributed by atoms with Crippen LogP contribution in [0.4, 0.5) is 5.69 Å². The number of hydrogen-bond donors (Lipinski definition) is 1. The lowest BCUT2D eigenvalue weighted by Gasteiger charge is -2.04. The topological polar surface area (TPSA) is 42.0 Å². The lowest BCUT2D eigenvalue weighted by molar-refractivity contribution is 0.102. The number of nitrogens with zero attached hydrogens (tertiary/aromatic N) is 1. The minimum absolute atomic E-state index is 0.210. The largest absolute Gasteiger partial charge is 0.321 e. The van der Waals surface area contributed by atoms with Crippen LogP contribution in [0.3, 0.4) is 0 Å². The summed E-state index contributed by atoms with van der Waals surface area (Å²) in [7, 11) is 0. The number of carbonyl (C=O) groups excluding carboxylic acids is 1. The van der Waals surface area contributed by atoms with E-state index >= 15 is 0 Å². The van der Waals surface area contributed by atoms with Crippen LogP contribution in [0.2, 0.25) is 0 Å². The van der Waals surface area contributed by atoms with Crippen LogP contribution in [0.25, 0.3) is 0 Å². The quantitative estimate of drug-likeness (QED) is 0.778. The predicted molar refractivity (Wildman–Crippen MR) is 79.0 cm³/mol. The first-order valence-electron chi connectivity index (χ1n) is 4.83. The van der Waals surface area contributed by atoms with Gasteiger partial charge in [-0.15, -0.1) is 0 Å². The van der Waals surface area contributed by atoms with Crippen LogP contribution in [0, 0.1) is 3.57 Å². The smallest absolute Gasteiger partial charge is 0.274 e. The number of carbonyl (C=O) groups is 1. The van der Waals surface area contributed by atoms with E-state index in [4.69, 9.17) is 0 Å². The first-order valence-corrected chi connectivity index (χ1v) is 6.71. The second kappa shape index (κ2) is 5.59. The van der Waals surface area contributed by atoms with Crippen LogP contribution in [0.1, 0.15) is 10.5 Å². The lowest BCUT2D eigenvalue weighted by Crippen LogP contribution is -2.13. The highest BCUT2D eigenvalue weighted by Gasteiger charge is 2.06. The molecule has 1 amide bonds. The van der Waals surface area contributed by atoms with E-state index in [-0.39, 0.29) is 5.91 Å². The lowest BCUT2D eigenvalue weighted by atomic mass is 10.3. The SMILES string of the molecule is O=C(Nc1ccc(I)cc1)c1ccc(Br)cn1. The van der Waals surface area contributed by atoms with Gasteiger partial charge in [-0.25, -0.2) is 4.98 Å². The summed E-state index contributed by atoms with van der Waals surface area (Å²) < 4.78 is 1.98. The van der Waals surface area contributed by atoms with Gasteiger partial charge in [0.25, 0.3) is 5.91 Å². The maximum absolute atomic E-state index is 11.8.